The molecule has 0 radical (unpaired) electrons. The Labute approximate surface area is 196 Å². The molecule has 1 aliphatic rings. The van der Waals surface area contributed by atoms with Gasteiger partial charge in [-0.25, -0.2) is 9.69 Å². The number of aromatic nitrogens is 1. The molecule has 0 saturated carbocycles. The summed E-state index contributed by atoms with van der Waals surface area (Å²) in [6.45, 7) is 2.07. The van der Waals surface area contributed by atoms with Crippen LogP contribution >= 0.6 is 0 Å². The van der Waals surface area contributed by atoms with E-state index < -0.39 is 11.9 Å². The first-order chi connectivity index (χ1) is 16.5. The molecule has 3 aromatic carbocycles. The van der Waals surface area contributed by atoms with Crippen LogP contribution in [0.2, 0.25) is 0 Å². The molecule has 0 unspecified atom stereocenters. The van der Waals surface area contributed by atoms with Crippen molar-refractivity contribution in [2.75, 3.05) is 10.2 Å². The van der Waals surface area contributed by atoms with E-state index in [0.29, 0.717) is 5.69 Å². The Morgan fingerprint density at radius 3 is 2.53 bits per heavy atom. The molecule has 1 aromatic heterocycles. The fourth-order valence-corrected chi connectivity index (χ4v) is 4.10. The Morgan fingerprint density at radius 2 is 1.74 bits per heavy atom. The summed E-state index contributed by atoms with van der Waals surface area (Å²) in [6.07, 6.45) is 3.47. The minimum absolute atomic E-state index is 0.105. The number of nitrogens with zero attached hydrogens (tertiary/aromatic N) is 2. The summed E-state index contributed by atoms with van der Waals surface area (Å²) in [6, 6.07) is 23.5. The maximum Gasteiger partial charge on any atom is 0.333 e. The fraction of sp³-hybridized carbons (Fsp3) is 0.0741. The fourth-order valence-electron chi connectivity index (χ4n) is 4.10. The van der Waals surface area contributed by atoms with Gasteiger partial charge in [0.1, 0.15) is 12.2 Å². The van der Waals surface area contributed by atoms with Gasteiger partial charge in [0.2, 0.25) is 5.91 Å². The van der Waals surface area contributed by atoms with Gasteiger partial charge in [0.05, 0.1) is 5.69 Å². The topological polar surface area (TPSA) is 83.4 Å². The molecule has 5 rings (SSSR count). The lowest BCUT2D eigenvalue weighted by atomic mass is 10.1. The van der Waals surface area contributed by atoms with Crippen molar-refractivity contribution >= 4 is 46.2 Å². The molecule has 4 amide bonds. The number of benzene rings is 3. The molecule has 7 heteroatoms. The monoisotopic (exact) mass is 450 g/mol. The maximum absolute atomic E-state index is 13.0. The van der Waals surface area contributed by atoms with Crippen LogP contribution in [0.5, 0.6) is 0 Å². The average molecular weight is 450 g/mol. The molecule has 168 valence electrons. The Hall–Kier alpha value is -4.65. The van der Waals surface area contributed by atoms with E-state index >= 15 is 0 Å². The highest BCUT2D eigenvalue weighted by Gasteiger charge is 2.34. The van der Waals surface area contributed by atoms with Crippen LogP contribution in [0.3, 0.4) is 0 Å². The van der Waals surface area contributed by atoms with Gasteiger partial charge >= 0.3 is 6.03 Å². The van der Waals surface area contributed by atoms with Crippen LogP contribution in [-0.2, 0) is 16.1 Å². The number of hydrogen-bond donors (Lipinski definition) is 2. The van der Waals surface area contributed by atoms with Gasteiger partial charge < -0.3 is 15.2 Å². The van der Waals surface area contributed by atoms with E-state index in [-0.39, 0.29) is 18.1 Å². The second-order valence-corrected chi connectivity index (χ2v) is 8.11. The number of carbonyl (C=O) groups is 3. The Kier molecular flexibility index (Phi) is 5.43. The average Bonchev–Trinajstić information content (AvgIpc) is 3.30. The number of fused-ring (bicyclic) bond motifs is 1. The SMILES string of the molecule is Cc1cccc(NC(=O)Cn2cc(/C=C3/NC(=O)N(c4ccccc4)C3=O)c3ccccc32)c1. The highest BCUT2D eigenvalue weighted by molar-refractivity contribution is 6.28. The number of para-hydroxylation sites is 2. The van der Waals surface area contributed by atoms with E-state index in [9.17, 15) is 14.4 Å². The van der Waals surface area contributed by atoms with Crippen molar-refractivity contribution in [3.8, 4) is 0 Å². The molecule has 1 fully saturated rings. The van der Waals surface area contributed by atoms with Crippen LogP contribution in [0.25, 0.3) is 17.0 Å². The molecule has 0 aliphatic carbocycles. The van der Waals surface area contributed by atoms with Crippen molar-refractivity contribution in [2.45, 2.75) is 13.5 Å². The number of aryl methyl sites for hydroxylation is 1. The molecule has 0 bridgehead atoms. The van der Waals surface area contributed by atoms with Gasteiger partial charge in [0.15, 0.2) is 0 Å². The molecule has 7 nitrogen and oxygen atoms in total. The lowest BCUT2D eigenvalue weighted by Crippen LogP contribution is -2.30. The van der Waals surface area contributed by atoms with Crippen molar-refractivity contribution in [3.63, 3.8) is 0 Å². The zero-order valence-electron chi connectivity index (χ0n) is 18.5. The van der Waals surface area contributed by atoms with Gasteiger partial charge in [-0.05, 0) is 48.9 Å². The van der Waals surface area contributed by atoms with Crippen molar-refractivity contribution < 1.29 is 14.4 Å². The lowest BCUT2D eigenvalue weighted by molar-refractivity contribution is -0.116. The predicted octanol–water partition coefficient (Wildman–Crippen LogP) is 4.69. The predicted molar refractivity (Wildman–Crippen MR) is 132 cm³/mol. The second kappa shape index (κ2) is 8.71. The van der Waals surface area contributed by atoms with E-state index in [1.807, 2.05) is 72.3 Å². The van der Waals surface area contributed by atoms with Gasteiger partial charge in [-0.2, -0.15) is 0 Å². The minimum Gasteiger partial charge on any atom is -0.337 e. The van der Waals surface area contributed by atoms with Crippen LogP contribution in [0.4, 0.5) is 16.2 Å². The Bertz CT molecular complexity index is 1450. The molecular formula is C27H22N4O3. The zero-order valence-corrected chi connectivity index (χ0v) is 18.5. The van der Waals surface area contributed by atoms with E-state index in [1.54, 1.807) is 30.3 Å². The highest BCUT2D eigenvalue weighted by atomic mass is 16.2. The molecule has 0 atom stereocenters. The Morgan fingerprint density at radius 1 is 0.971 bits per heavy atom. The van der Waals surface area contributed by atoms with Crippen LogP contribution in [-0.4, -0.2) is 22.4 Å². The van der Waals surface area contributed by atoms with Gasteiger partial charge in [0, 0.05) is 28.4 Å². The number of urea groups is 1. The Balaban J connectivity index is 1.44. The molecule has 1 aliphatic heterocycles. The summed E-state index contributed by atoms with van der Waals surface area (Å²) in [5.41, 5.74) is 4.07. The van der Waals surface area contributed by atoms with Gasteiger partial charge in [-0.3, -0.25) is 9.59 Å². The summed E-state index contributed by atoms with van der Waals surface area (Å²) in [4.78, 5) is 39.3. The molecule has 34 heavy (non-hydrogen) atoms. The smallest absolute Gasteiger partial charge is 0.333 e. The number of nitrogens with one attached hydrogen (secondary N) is 2. The summed E-state index contributed by atoms with van der Waals surface area (Å²) < 4.78 is 1.84. The van der Waals surface area contributed by atoms with Gasteiger partial charge in [-0.1, -0.05) is 48.5 Å². The zero-order chi connectivity index (χ0) is 23.7. The number of hydrogen-bond acceptors (Lipinski definition) is 3. The first-order valence-corrected chi connectivity index (χ1v) is 10.9. The van der Waals surface area contributed by atoms with Crippen LogP contribution in [0, 0.1) is 6.92 Å². The third-order valence-electron chi connectivity index (χ3n) is 5.63. The van der Waals surface area contributed by atoms with Crippen molar-refractivity contribution in [1.29, 1.82) is 0 Å². The molecule has 0 spiro atoms. The number of rotatable bonds is 5. The maximum atomic E-state index is 13.0. The van der Waals surface area contributed by atoms with E-state index in [2.05, 4.69) is 10.6 Å². The van der Waals surface area contributed by atoms with Crippen molar-refractivity contribution in [1.82, 2.24) is 9.88 Å². The molecule has 2 N–H and O–H groups in total. The molecule has 2 heterocycles. The van der Waals surface area contributed by atoms with Gasteiger partial charge in [-0.15, -0.1) is 0 Å². The van der Waals surface area contributed by atoms with Crippen molar-refractivity contribution in [2.24, 2.45) is 0 Å². The highest BCUT2D eigenvalue weighted by Crippen LogP contribution is 2.26. The second-order valence-electron chi connectivity index (χ2n) is 8.11. The summed E-state index contributed by atoms with van der Waals surface area (Å²) in [5.74, 6) is -0.587. The number of carbonyl (C=O) groups excluding carboxylic acids is 3. The van der Waals surface area contributed by atoms with E-state index in [0.717, 1.165) is 32.6 Å². The quantitative estimate of drug-likeness (QED) is 0.342. The van der Waals surface area contributed by atoms with Crippen LogP contribution < -0.4 is 15.5 Å². The van der Waals surface area contributed by atoms with Crippen LogP contribution in [0.1, 0.15) is 11.1 Å². The standard InChI is InChI=1S/C27H22N4O3/c1-18-8-7-9-20(14-18)28-25(32)17-30-16-19(22-12-5-6-13-24(22)30)15-23-26(33)31(27(34)29-23)21-10-3-2-4-11-21/h2-16H,17H2,1H3,(H,28,32)(H,29,34)/b23-15+. The summed E-state index contributed by atoms with van der Waals surface area (Å²) in [5, 5.41) is 6.46. The van der Waals surface area contributed by atoms with E-state index in [4.69, 9.17) is 0 Å². The first-order valence-electron chi connectivity index (χ1n) is 10.9. The third-order valence-corrected chi connectivity index (χ3v) is 5.63. The first kappa shape index (κ1) is 21.2. The van der Waals surface area contributed by atoms with Gasteiger partial charge in [0.25, 0.3) is 5.91 Å². The number of imide groups is 1. The minimum atomic E-state index is -0.497. The molecule has 1 saturated heterocycles. The third kappa shape index (κ3) is 4.06. The number of anilines is 2. The van der Waals surface area contributed by atoms with Crippen LogP contribution in [0.15, 0.2) is 90.8 Å². The lowest BCUT2D eigenvalue weighted by Gasteiger charge is -2.10. The largest absolute Gasteiger partial charge is 0.337 e. The number of amides is 4. The summed E-state index contributed by atoms with van der Waals surface area (Å²) in [7, 11) is 0. The molecular weight excluding hydrogens is 428 g/mol. The van der Waals surface area contributed by atoms with E-state index in [1.165, 1.54) is 0 Å². The van der Waals surface area contributed by atoms with Crippen molar-refractivity contribution in [3.05, 3.63) is 102 Å². The summed E-state index contributed by atoms with van der Waals surface area (Å²) >= 11 is 0. The normalized spacial score (nSPS) is 14.6. The molecule has 4 aromatic rings.